The Morgan fingerprint density at radius 3 is 2.43 bits per heavy atom. The van der Waals surface area contributed by atoms with Gasteiger partial charge in [0.05, 0.1) is 35.5 Å². The van der Waals surface area contributed by atoms with Crippen LogP contribution in [-0.2, 0) is 0 Å². The van der Waals surface area contributed by atoms with E-state index < -0.39 is 0 Å². The molecule has 1 amide bonds. The van der Waals surface area contributed by atoms with Crippen molar-refractivity contribution in [1.82, 2.24) is 5.43 Å². The summed E-state index contributed by atoms with van der Waals surface area (Å²) >= 11 is 6.98. The Morgan fingerprint density at radius 1 is 1.11 bits per heavy atom. The lowest BCUT2D eigenvalue weighted by atomic mass is 10.2. The van der Waals surface area contributed by atoms with Gasteiger partial charge in [-0.05, 0) is 81.1 Å². The fourth-order valence-corrected chi connectivity index (χ4v) is 3.76. The average Bonchev–Trinajstić information content (AvgIpc) is 2.67. The van der Waals surface area contributed by atoms with Crippen LogP contribution in [0.2, 0.25) is 0 Å². The first kappa shape index (κ1) is 22.2. The number of nitrogens with zero attached hydrogens (tertiary/aromatic N) is 1. The maximum atomic E-state index is 12.3. The lowest BCUT2D eigenvalue weighted by molar-refractivity contribution is 0.0954. The molecule has 0 spiro atoms. The van der Waals surface area contributed by atoms with Gasteiger partial charge in [-0.1, -0.05) is 6.92 Å². The van der Waals surface area contributed by atoms with E-state index in [-0.39, 0.29) is 5.91 Å². The minimum absolute atomic E-state index is 0.346. The zero-order valence-corrected chi connectivity index (χ0v) is 19.1. The van der Waals surface area contributed by atoms with E-state index in [0.29, 0.717) is 30.3 Å². The van der Waals surface area contributed by atoms with Crippen molar-refractivity contribution in [2.45, 2.75) is 20.3 Å². The number of hydrogen-bond donors (Lipinski definition) is 1. The highest BCUT2D eigenvalue weighted by molar-refractivity contribution is 9.11. The summed E-state index contributed by atoms with van der Waals surface area (Å²) < 4.78 is 18.0. The van der Waals surface area contributed by atoms with Gasteiger partial charge in [-0.25, -0.2) is 5.43 Å². The number of halogens is 2. The number of methoxy groups -OCH3 is 1. The van der Waals surface area contributed by atoms with Crippen LogP contribution in [0, 0.1) is 0 Å². The molecule has 0 radical (unpaired) electrons. The Bertz CT molecular complexity index is 833. The summed E-state index contributed by atoms with van der Waals surface area (Å²) in [5.74, 6) is 1.48. The van der Waals surface area contributed by atoms with Crippen molar-refractivity contribution < 1.29 is 19.0 Å². The van der Waals surface area contributed by atoms with E-state index in [4.69, 9.17) is 14.2 Å². The van der Waals surface area contributed by atoms with Gasteiger partial charge < -0.3 is 14.2 Å². The van der Waals surface area contributed by atoms with Crippen molar-refractivity contribution >= 4 is 44.0 Å². The minimum Gasteiger partial charge on any atom is -0.493 e. The third-order valence-corrected chi connectivity index (χ3v) is 4.75. The molecule has 1 N–H and O–H groups in total. The van der Waals surface area contributed by atoms with Crippen molar-refractivity contribution in [2.24, 2.45) is 5.10 Å². The Morgan fingerprint density at radius 2 is 1.82 bits per heavy atom. The second-order valence-corrected chi connectivity index (χ2v) is 7.37. The van der Waals surface area contributed by atoms with Crippen molar-refractivity contribution in [2.75, 3.05) is 20.3 Å². The van der Waals surface area contributed by atoms with Gasteiger partial charge >= 0.3 is 0 Å². The third-order valence-electron chi connectivity index (χ3n) is 3.58. The van der Waals surface area contributed by atoms with E-state index in [1.54, 1.807) is 31.5 Å². The number of hydrazone groups is 1. The first-order valence-electron chi connectivity index (χ1n) is 8.76. The van der Waals surface area contributed by atoms with Gasteiger partial charge in [-0.3, -0.25) is 4.79 Å². The molecule has 2 aromatic carbocycles. The molecule has 8 heteroatoms. The van der Waals surface area contributed by atoms with E-state index in [2.05, 4.69) is 42.4 Å². The van der Waals surface area contributed by atoms with E-state index in [0.717, 1.165) is 26.7 Å². The molecule has 28 heavy (non-hydrogen) atoms. The fourth-order valence-electron chi connectivity index (χ4n) is 2.31. The van der Waals surface area contributed by atoms with Crippen LogP contribution in [0.4, 0.5) is 0 Å². The molecule has 150 valence electrons. The zero-order valence-electron chi connectivity index (χ0n) is 15.9. The van der Waals surface area contributed by atoms with Crippen LogP contribution in [0.1, 0.15) is 36.2 Å². The number of hydrogen-bond acceptors (Lipinski definition) is 5. The standard InChI is InChI=1S/C20H22Br2N2O4/c1-4-8-28-19-15(21)9-13(10-16(19)22)12-23-24-20(25)14-6-7-17(26-3)18(11-14)27-5-2/h6-7,9-12H,4-5,8H2,1-3H3,(H,24,25)/b23-12+. The summed E-state index contributed by atoms with van der Waals surface area (Å²) in [4.78, 5) is 12.3. The number of rotatable bonds is 9. The molecule has 0 bridgehead atoms. The maximum absolute atomic E-state index is 12.3. The maximum Gasteiger partial charge on any atom is 0.271 e. The Kier molecular flexibility index (Phi) is 8.79. The summed E-state index contributed by atoms with van der Waals surface area (Å²) in [6, 6.07) is 8.70. The van der Waals surface area contributed by atoms with Crippen LogP contribution in [-0.4, -0.2) is 32.4 Å². The summed E-state index contributed by atoms with van der Waals surface area (Å²) in [7, 11) is 1.55. The highest BCUT2D eigenvalue weighted by Gasteiger charge is 2.11. The van der Waals surface area contributed by atoms with Crippen LogP contribution >= 0.6 is 31.9 Å². The highest BCUT2D eigenvalue weighted by Crippen LogP contribution is 2.34. The normalized spacial score (nSPS) is 10.8. The second kappa shape index (κ2) is 11.1. The molecule has 0 aromatic heterocycles. The summed E-state index contributed by atoms with van der Waals surface area (Å²) in [5, 5.41) is 4.03. The van der Waals surface area contributed by atoms with E-state index >= 15 is 0 Å². The molecule has 0 aliphatic carbocycles. The van der Waals surface area contributed by atoms with Crippen molar-refractivity contribution in [3.63, 3.8) is 0 Å². The molecular formula is C20H22Br2N2O4. The predicted octanol–water partition coefficient (Wildman–Crippen LogP) is 5.17. The van der Waals surface area contributed by atoms with Gasteiger partial charge in [-0.15, -0.1) is 0 Å². The molecule has 2 aromatic rings. The third kappa shape index (κ3) is 5.97. The quantitative estimate of drug-likeness (QED) is 0.371. The molecule has 0 unspecified atom stereocenters. The van der Waals surface area contributed by atoms with E-state index in [1.165, 1.54) is 0 Å². The van der Waals surface area contributed by atoms with Crippen molar-refractivity contribution in [3.8, 4) is 17.2 Å². The highest BCUT2D eigenvalue weighted by atomic mass is 79.9. The number of carbonyl (C=O) groups is 1. The molecule has 2 rings (SSSR count). The molecule has 0 saturated heterocycles. The van der Waals surface area contributed by atoms with Crippen LogP contribution in [0.15, 0.2) is 44.4 Å². The van der Waals surface area contributed by atoms with Gasteiger partial charge in [0.15, 0.2) is 11.5 Å². The van der Waals surface area contributed by atoms with Crippen LogP contribution < -0.4 is 19.6 Å². The summed E-state index contributed by atoms with van der Waals surface area (Å²) in [6.07, 6.45) is 2.48. The van der Waals surface area contributed by atoms with Gasteiger partial charge in [0.1, 0.15) is 5.75 Å². The Labute approximate surface area is 181 Å². The minimum atomic E-state index is -0.346. The fraction of sp³-hybridized carbons (Fsp3) is 0.300. The number of benzene rings is 2. The van der Waals surface area contributed by atoms with Crippen LogP contribution in [0.5, 0.6) is 17.2 Å². The number of ether oxygens (including phenoxy) is 3. The van der Waals surface area contributed by atoms with Gasteiger partial charge in [-0.2, -0.15) is 5.10 Å². The van der Waals surface area contributed by atoms with Crippen LogP contribution in [0.25, 0.3) is 0 Å². The monoisotopic (exact) mass is 512 g/mol. The van der Waals surface area contributed by atoms with E-state index in [1.807, 2.05) is 26.0 Å². The molecule has 0 atom stereocenters. The van der Waals surface area contributed by atoms with Crippen molar-refractivity contribution in [3.05, 3.63) is 50.4 Å². The molecule has 6 nitrogen and oxygen atoms in total. The van der Waals surface area contributed by atoms with Gasteiger partial charge in [0.25, 0.3) is 5.91 Å². The van der Waals surface area contributed by atoms with Gasteiger partial charge in [0.2, 0.25) is 0 Å². The Hall–Kier alpha value is -2.06. The first-order valence-corrected chi connectivity index (χ1v) is 10.3. The summed E-state index contributed by atoms with van der Waals surface area (Å²) in [6.45, 7) is 5.02. The molecular weight excluding hydrogens is 492 g/mol. The molecule has 0 aliphatic rings. The smallest absolute Gasteiger partial charge is 0.271 e. The molecule has 0 saturated carbocycles. The number of carbonyl (C=O) groups excluding carboxylic acids is 1. The number of nitrogens with one attached hydrogen (secondary N) is 1. The molecule has 0 heterocycles. The summed E-state index contributed by atoms with van der Waals surface area (Å²) in [5.41, 5.74) is 3.74. The lowest BCUT2D eigenvalue weighted by Crippen LogP contribution is -2.17. The SMILES string of the molecule is CCCOc1c(Br)cc(/C=N/NC(=O)c2ccc(OC)c(OCC)c2)cc1Br. The number of amides is 1. The first-order chi connectivity index (χ1) is 13.5. The van der Waals surface area contributed by atoms with E-state index in [9.17, 15) is 4.79 Å². The second-order valence-electron chi connectivity index (χ2n) is 5.66. The van der Waals surface area contributed by atoms with Crippen molar-refractivity contribution in [1.29, 1.82) is 0 Å². The zero-order chi connectivity index (χ0) is 20.5. The topological polar surface area (TPSA) is 69.2 Å². The van der Waals surface area contributed by atoms with Crippen LogP contribution in [0.3, 0.4) is 0 Å². The lowest BCUT2D eigenvalue weighted by Gasteiger charge is -2.11. The predicted molar refractivity (Wildman–Crippen MR) is 117 cm³/mol. The molecule has 0 aliphatic heterocycles. The molecule has 0 fully saturated rings. The average molecular weight is 514 g/mol. The largest absolute Gasteiger partial charge is 0.493 e. The Balaban J connectivity index is 2.08. The van der Waals surface area contributed by atoms with Gasteiger partial charge in [0, 0.05) is 5.56 Å².